The summed E-state index contributed by atoms with van der Waals surface area (Å²) in [5, 5.41) is 7.28. The molecule has 0 fully saturated rings. The Kier molecular flexibility index (Phi) is 3.03. The number of hydrogen-bond donors (Lipinski definition) is 1. The van der Waals surface area contributed by atoms with Gasteiger partial charge < -0.3 is 9.40 Å². The second-order valence-electron chi connectivity index (χ2n) is 7.94. The maximum atomic E-state index is 6.16. The van der Waals surface area contributed by atoms with Gasteiger partial charge in [-0.05, 0) is 64.4 Å². The molecule has 0 atom stereocenters. The summed E-state index contributed by atoms with van der Waals surface area (Å²) in [5.41, 5.74) is 6.62. The molecule has 140 valence electrons. The lowest BCUT2D eigenvalue weighted by Gasteiger charge is -2.03. The molecule has 0 saturated heterocycles. The van der Waals surface area contributed by atoms with Crippen molar-refractivity contribution in [1.82, 2.24) is 4.98 Å². The number of aromatic nitrogens is 1. The summed E-state index contributed by atoms with van der Waals surface area (Å²) in [6.07, 6.45) is 0. The van der Waals surface area contributed by atoms with Crippen molar-refractivity contribution in [2.45, 2.75) is 0 Å². The van der Waals surface area contributed by atoms with E-state index in [9.17, 15) is 0 Å². The van der Waals surface area contributed by atoms with Crippen molar-refractivity contribution in [2.75, 3.05) is 0 Å². The summed E-state index contributed by atoms with van der Waals surface area (Å²) < 4.78 is 6.16. The smallest absolute Gasteiger partial charge is 0.136 e. The minimum atomic E-state index is 0.928. The standard InChI is InChI=1S/C28H17NO/c1-2-6-18-16-28-24(14-17(18)5-1)23-15-20(10-12-27(23)30-28)19-9-11-26-22(13-19)21-7-3-4-8-25(21)29-26/h1-16,29H. The molecular formula is C28H17NO. The Morgan fingerprint density at radius 1 is 0.467 bits per heavy atom. The van der Waals surface area contributed by atoms with Crippen LogP contribution in [0.3, 0.4) is 0 Å². The lowest BCUT2D eigenvalue weighted by atomic mass is 10.00. The summed E-state index contributed by atoms with van der Waals surface area (Å²) in [6, 6.07) is 34.4. The molecule has 0 bridgehead atoms. The van der Waals surface area contributed by atoms with Gasteiger partial charge in [0, 0.05) is 32.6 Å². The second-order valence-corrected chi connectivity index (χ2v) is 7.94. The largest absolute Gasteiger partial charge is 0.456 e. The lowest BCUT2D eigenvalue weighted by molar-refractivity contribution is 0.669. The number of furan rings is 1. The van der Waals surface area contributed by atoms with Crippen LogP contribution >= 0.6 is 0 Å². The first kappa shape index (κ1) is 15.8. The van der Waals surface area contributed by atoms with Crippen molar-refractivity contribution < 1.29 is 4.42 Å². The van der Waals surface area contributed by atoms with E-state index in [4.69, 9.17) is 4.42 Å². The van der Waals surface area contributed by atoms with E-state index >= 15 is 0 Å². The highest BCUT2D eigenvalue weighted by molar-refractivity contribution is 6.12. The maximum Gasteiger partial charge on any atom is 0.136 e. The molecule has 0 unspecified atom stereocenters. The Bertz CT molecular complexity index is 1750. The van der Waals surface area contributed by atoms with Gasteiger partial charge in [-0.2, -0.15) is 0 Å². The van der Waals surface area contributed by atoms with Gasteiger partial charge in [0.2, 0.25) is 0 Å². The normalized spacial score (nSPS) is 12.0. The monoisotopic (exact) mass is 383 g/mol. The predicted octanol–water partition coefficient (Wildman–Crippen LogP) is 8.04. The van der Waals surface area contributed by atoms with Gasteiger partial charge in [-0.1, -0.05) is 54.6 Å². The molecule has 5 aromatic carbocycles. The first-order valence-corrected chi connectivity index (χ1v) is 10.2. The number of H-pyrrole nitrogens is 1. The molecule has 0 aliphatic carbocycles. The summed E-state index contributed by atoms with van der Waals surface area (Å²) >= 11 is 0. The Labute approximate surface area is 172 Å². The average Bonchev–Trinajstić information content (AvgIpc) is 3.34. The van der Waals surface area contributed by atoms with Crippen LogP contribution in [-0.4, -0.2) is 4.98 Å². The molecular weight excluding hydrogens is 366 g/mol. The molecule has 7 rings (SSSR count). The fourth-order valence-electron chi connectivity index (χ4n) is 4.67. The predicted molar refractivity (Wildman–Crippen MR) is 126 cm³/mol. The Morgan fingerprint density at radius 2 is 1.13 bits per heavy atom. The molecule has 0 saturated carbocycles. The molecule has 7 aromatic rings. The summed E-state index contributed by atoms with van der Waals surface area (Å²) in [4.78, 5) is 3.51. The highest BCUT2D eigenvalue weighted by Crippen LogP contribution is 2.36. The van der Waals surface area contributed by atoms with Crippen LogP contribution in [0.25, 0.3) is 65.6 Å². The van der Waals surface area contributed by atoms with Crippen LogP contribution in [0, 0.1) is 0 Å². The van der Waals surface area contributed by atoms with Crippen LogP contribution in [-0.2, 0) is 0 Å². The van der Waals surface area contributed by atoms with E-state index in [-0.39, 0.29) is 0 Å². The van der Waals surface area contributed by atoms with E-state index in [2.05, 4.69) is 102 Å². The van der Waals surface area contributed by atoms with Crippen LogP contribution in [0.2, 0.25) is 0 Å². The fraction of sp³-hybridized carbons (Fsp3) is 0. The van der Waals surface area contributed by atoms with E-state index in [1.54, 1.807) is 0 Å². The van der Waals surface area contributed by atoms with Crippen LogP contribution in [0.1, 0.15) is 0 Å². The Hall–Kier alpha value is -4.04. The van der Waals surface area contributed by atoms with Crippen molar-refractivity contribution in [3.05, 3.63) is 97.1 Å². The van der Waals surface area contributed by atoms with Crippen molar-refractivity contribution in [3.8, 4) is 11.1 Å². The quantitative estimate of drug-likeness (QED) is 0.305. The minimum absolute atomic E-state index is 0.928. The van der Waals surface area contributed by atoms with Gasteiger partial charge in [0.05, 0.1) is 0 Å². The third kappa shape index (κ3) is 2.19. The molecule has 0 aliphatic rings. The average molecular weight is 383 g/mol. The maximum absolute atomic E-state index is 6.16. The van der Waals surface area contributed by atoms with Crippen LogP contribution in [0.5, 0.6) is 0 Å². The number of aromatic amines is 1. The minimum Gasteiger partial charge on any atom is -0.456 e. The lowest BCUT2D eigenvalue weighted by Crippen LogP contribution is -1.78. The fourth-order valence-corrected chi connectivity index (χ4v) is 4.67. The van der Waals surface area contributed by atoms with E-state index in [1.165, 1.54) is 49.1 Å². The Balaban J connectivity index is 1.47. The molecule has 0 spiro atoms. The van der Waals surface area contributed by atoms with E-state index in [0.717, 1.165) is 16.6 Å². The number of nitrogens with one attached hydrogen (secondary N) is 1. The summed E-state index contributed by atoms with van der Waals surface area (Å²) in [6.45, 7) is 0. The first-order valence-electron chi connectivity index (χ1n) is 10.2. The molecule has 30 heavy (non-hydrogen) atoms. The summed E-state index contributed by atoms with van der Waals surface area (Å²) in [7, 11) is 0. The molecule has 2 heterocycles. The molecule has 1 N–H and O–H groups in total. The molecule has 0 radical (unpaired) electrons. The van der Waals surface area contributed by atoms with Gasteiger partial charge in [-0.15, -0.1) is 0 Å². The summed E-state index contributed by atoms with van der Waals surface area (Å²) in [5.74, 6) is 0. The van der Waals surface area contributed by atoms with Gasteiger partial charge in [-0.3, -0.25) is 0 Å². The first-order chi connectivity index (χ1) is 14.8. The second kappa shape index (κ2) is 5.74. The number of hydrogen-bond acceptors (Lipinski definition) is 1. The van der Waals surface area contributed by atoms with Crippen LogP contribution < -0.4 is 0 Å². The third-order valence-corrected chi connectivity index (χ3v) is 6.18. The van der Waals surface area contributed by atoms with Crippen LogP contribution in [0.15, 0.2) is 101 Å². The topological polar surface area (TPSA) is 28.9 Å². The highest BCUT2D eigenvalue weighted by Gasteiger charge is 2.11. The molecule has 2 nitrogen and oxygen atoms in total. The van der Waals surface area contributed by atoms with E-state index < -0.39 is 0 Å². The highest BCUT2D eigenvalue weighted by atomic mass is 16.3. The van der Waals surface area contributed by atoms with Crippen molar-refractivity contribution >= 4 is 54.5 Å². The van der Waals surface area contributed by atoms with Crippen LogP contribution in [0.4, 0.5) is 0 Å². The van der Waals surface area contributed by atoms with Gasteiger partial charge >= 0.3 is 0 Å². The third-order valence-electron chi connectivity index (χ3n) is 6.18. The van der Waals surface area contributed by atoms with Crippen molar-refractivity contribution in [3.63, 3.8) is 0 Å². The van der Waals surface area contributed by atoms with Gasteiger partial charge in [0.1, 0.15) is 11.2 Å². The number of benzene rings is 5. The SMILES string of the molecule is c1ccc2cc3c(cc2c1)oc1ccc(-c2ccc4[nH]c5ccccc5c4c2)cc13. The van der Waals surface area contributed by atoms with Crippen molar-refractivity contribution in [1.29, 1.82) is 0 Å². The number of rotatable bonds is 1. The molecule has 2 aromatic heterocycles. The van der Waals surface area contributed by atoms with Gasteiger partial charge in [-0.25, -0.2) is 0 Å². The Morgan fingerprint density at radius 3 is 2.03 bits per heavy atom. The molecule has 0 aliphatic heterocycles. The van der Waals surface area contributed by atoms with E-state index in [0.29, 0.717) is 0 Å². The number of fused-ring (bicyclic) bond motifs is 7. The van der Waals surface area contributed by atoms with E-state index in [1.807, 2.05) is 0 Å². The molecule has 0 amide bonds. The zero-order valence-corrected chi connectivity index (χ0v) is 16.1. The molecule has 2 heteroatoms. The zero-order valence-electron chi connectivity index (χ0n) is 16.1. The van der Waals surface area contributed by atoms with Gasteiger partial charge in [0.25, 0.3) is 0 Å². The van der Waals surface area contributed by atoms with Gasteiger partial charge in [0.15, 0.2) is 0 Å². The number of para-hydroxylation sites is 1. The van der Waals surface area contributed by atoms with Crippen molar-refractivity contribution in [2.24, 2.45) is 0 Å². The zero-order chi connectivity index (χ0) is 19.7.